The number of carbonyl (C=O) groups is 2. The van der Waals surface area contributed by atoms with Gasteiger partial charge in [0.25, 0.3) is 0 Å². The summed E-state index contributed by atoms with van der Waals surface area (Å²) in [6.45, 7) is 1.66. The molecule has 0 radical (unpaired) electrons. The van der Waals surface area contributed by atoms with Crippen LogP contribution in [0, 0.1) is 0 Å². The Kier molecular flexibility index (Phi) is 3.19. The fourth-order valence-corrected chi connectivity index (χ4v) is 2.06. The summed E-state index contributed by atoms with van der Waals surface area (Å²) in [5.41, 5.74) is 0. The molecule has 0 aliphatic carbocycles. The van der Waals surface area contributed by atoms with E-state index in [1.807, 2.05) is 0 Å². The summed E-state index contributed by atoms with van der Waals surface area (Å²) in [5, 5.41) is 9.10. The summed E-state index contributed by atoms with van der Waals surface area (Å²) in [6.07, 6.45) is 1.07. The van der Waals surface area contributed by atoms with Gasteiger partial charge in [-0.25, -0.2) is 4.79 Å². The first-order valence-electron chi connectivity index (χ1n) is 4.90. The Balaban J connectivity index is 1.84. The van der Waals surface area contributed by atoms with Crippen molar-refractivity contribution in [1.29, 1.82) is 0 Å². The van der Waals surface area contributed by atoms with Gasteiger partial charge in [0.15, 0.2) is 5.09 Å². The van der Waals surface area contributed by atoms with Gasteiger partial charge < -0.3 is 14.4 Å². The predicted molar refractivity (Wildman–Crippen MR) is 57.6 cm³/mol. The average molecular weight is 241 g/mol. The van der Waals surface area contributed by atoms with Crippen molar-refractivity contribution >= 4 is 23.6 Å². The van der Waals surface area contributed by atoms with Crippen LogP contribution < -0.4 is 0 Å². The van der Waals surface area contributed by atoms with E-state index in [-0.39, 0.29) is 11.7 Å². The first kappa shape index (κ1) is 11.1. The Bertz CT molecular complexity index is 411. The number of hydrogen-bond donors (Lipinski definition) is 1. The SMILES string of the molecule is O=C(O)c1ccc(SCC(=O)N2CCC2)o1. The monoisotopic (exact) mass is 241 g/mol. The van der Waals surface area contributed by atoms with E-state index >= 15 is 0 Å². The first-order chi connectivity index (χ1) is 7.66. The van der Waals surface area contributed by atoms with E-state index in [9.17, 15) is 9.59 Å². The Hall–Kier alpha value is -1.43. The molecule has 0 unspecified atom stereocenters. The van der Waals surface area contributed by atoms with E-state index in [2.05, 4.69) is 0 Å². The molecule has 1 saturated heterocycles. The van der Waals surface area contributed by atoms with Crippen LogP contribution in [0.5, 0.6) is 0 Å². The van der Waals surface area contributed by atoms with Gasteiger partial charge in [-0.3, -0.25) is 4.79 Å². The molecular weight excluding hydrogens is 230 g/mol. The van der Waals surface area contributed by atoms with Gasteiger partial charge in [0.05, 0.1) is 5.75 Å². The highest BCUT2D eigenvalue weighted by Crippen LogP contribution is 2.22. The van der Waals surface area contributed by atoms with Gasteiger partial charge in [0.1, 0.15) is 0 Å². The highest BCUT2D eigenvalue weighted by molar-refractivity contribution is 7.99. The largest absolute Gasteiger partial charge is 0.475 e. The number of rotatable bonds is 4. The topological polar surface area (TPSA) is 70.8 Å². The van der Waals surface area contributed by atoms with Gasteiger partial charge in [-0.15, -0.1) is 0 Å². The van der Waals surface area contributed by atoms with Crippen LogP contribution in [0.2, 0.25) is 0 Å². The van der Waals surface area contributed by atoms with Crippen LogP contribution >= 0.6 is 11.8 Å². The second kappa shape index (κ2) is 4.61. The molecule has 1 aromatic heterocycles. The smallest absolute Gasteiger partial charge is 0.371 e. The van der Waals surface area contributed by atoms with Crippen LogP contribution in [-0.4, -0.2) is 40.7 Å². The van der Waals surface area contributed by atoms with Crippen molar-refractivity contribution < 1.29 is 19.1 Å². The zero-order valence-electron chi connectivity index (χ0n) is 8.51. The lowest BCUT2D eigenvalue weighted by Crippen LogP contribution is -2.42. The van der Waals surface area contributed by atoms with Crippen LogP contribution in [0.4, 0.5) is 0 Å². The molecule has 0 bridgehead atoms. The minimum absolute atomic E-state index is 0.0736. The molecule has 0 atom stereocenters. The molecule has 1 amide bonds. The van der Waals surface area contributed by atoms with E-state index in [1.165, 1.54) is 17.8 Å². The second-order valence-corrected chi connectivity index (χ2v) is 4.43. The molecule has 1 aromatic rings. The van der Waals surface area contributed by atoms with Crippen molar-refractivity contribution in [2.45, 2.75) is 11.5 Å². The minimum atomic E-state index is -1.10. The molecule has 6 heteroatoms. The highest BCUT2D eigenvalue weighted by atomic mass is 32.2. The molecule has 0 spiro atoms. The molecular formula is C10H11NO4S. The summed E-state index contributed by atoms with van der Waals surface area (Å²) < 4.78 is 5.02. The maximum absolute atomic E-state index is 11.5. The third-order valence-corrected chi connectivity index (χ3v) is 3.23. The van der Waals surface area contributed by atoms with Crippen molar-refractivity contribution in [3.8, 4) is 0 Å². The number of carbonyl (C=O) groups excluding carboxylic acids is 1. The molecule has 1 fully saturated rings. The maximum atomic E-state index is 11.5. The average Bonchev–Trinajstić information content (AvgIpc) is 2.60. The number of hydrogen-bond acceptors (Lipinski definition) is 4. The number of aromatic carboxylic acids is 1. The van der Waals surface area contributed by atoms with Gasteiger partial charge in [-0.2, -0.15) is 0 Å². The van der Waals surface area contributed by atoms with E-state index in [4.69, 9.17) is 9.52 Å². The first-order valence-corrected chi connectivity index (χ1v) is 5.89. The van der Waals surface area contributed by atoms with Crippen molar-refractivity contribution in [2.75, 3.05) is 18.8 Å². The fourth-order valence-electron chi connectivity index (χ4n) is 1.30. The van der Waals surface area contributed by atoms with E-state index in [1.54, 1.807) is 11.0 Å². The zero-order valence-corrected chi connectivity index (χ0v) is 9.33. The van der Waals surface area contributed by atoms with E-state index in [0.717, 1.165) is 19.5 Å². The highest BCUT2D eigenvalue weighted by Gasteiger charge is 2.20. The molecule has 0 aromatic carbocycles. The third kappa shape index (κ3) is 2.38. The van der Waals surface area contributed by atoms with E-state index in [0.29, 0.717) is 10.8 Å². The Labute approximate surface area is 96.4 Å². The van der Waals surface area contributed by atoms with Gasteiger partial charge in [-0.05, 0) is 18.6 Å². The van der Waals surface area contributed by atoms with Crippen molar-refractivity contribution in [2.24, 2.45) is 0 Å². The van der Waals surface area contributed by atoms with Gasteiger partial charge in [0.2, 0.25) is 11.7 Å². The Morgan fingerprint density at radius 1 is 1.44 bits per heavy atom. The molecule has 2 heterocycles. The van der Waals surface area contributed by atoms with Crippen molar-refractivity contribution in [1.82, 2.24) is 4.90 Å². The lowest BCUT2D eigenvalue weighted by Gasteiger charge is -2.30. The van der Waals surface area contributed by atoms with Crippen LogP contribution in [0.15, 0.2) is 21.6 Å². The number of nitrogens with zero attached hydrogens (tertiary/aromatic N) is 1. The predicted octanol–water partition coefficient (Wildman–Crippen LogP) is 1.30. The molecule has 86 valence electrons. The van der Waals surface area contributed by atoms with Crippen LogP contribution in [0.1, 0.15) is 17.0 Å². The fraction of sp³-hybridized carbons (Fsp3) is 0.400. The molecule has 1 aliphatic rings. The van der Waals surface area contributed by atoms with Crippen molar-refractivity contribution in [3.63, 3.8) is 0 Å². The second-order valence-electron chi connectivity index (χ2n) is 3.45. The van der Waals surface area contributed by atoms with Crippen molar-refractivity contribution in [3.05, 3.63) is 17.9 Å². The van der Waals surface area contributed by atoms with Gasteiger partial charge in [0, 0.05) is 13.1 Å². The maximum Gasteiger partial charge on any atom is 0.371 e. The molecule has 1 N–H and O–H groups in total. The van der Waals surface area contributed by atoms with Gasteiger partial charge >= 0.3 is 5.97 Å². The van der Waals surface area contributed by atoms with Crippen LogP contribution in [-0.2, 0) is 4.79 Å². The lowest BCUT2D eigenvalue weighted by atomic mass is 10.2. The molecule has 0 saturated carbocycles. The number of amides is 1. The van der Waals surface area contributed by atoms with E-state index < -0.39 is 5.97 Å². The number of carboxylic acids is 1. The summed E-state index contributed by atoms with van der Waals surface area (Å²) in [4.78, 5) is 23.8. The summed E-state index contributed by atoms with van der Waals surface area (Å²) in [5.74, 6) is -0.823. The van der Waals surface area contributed by atoms with Crippen LogP contribution in [0.25, 0.3) is 0 Å². The molecule has 1 aliphatic heterocycles. The summed E-state index contributed by atoms with van der Waals surface area (Å²) >= 11 is 1.22. The molecule has 2 rings (SSSR count). The normalized spacial score (nSPS) is 14.6. The number of furan rings is 1. The lowest BCUT2D eigenvalue weighted by molar-refractivity contribution is -0.131. The quantitative estimate of drug-likeness (QED) is 0.804. The Morgan fingerprint density at radius 3 is 2.69 bits per heavy atom. The van der Waals surface area contributed by atoms with Crippen LogP contribution in [0.3, 0.4) is 0 Å². The Morgan fingerprint density at radius 2 is 2.19 bits per heavy atom. The van der Waals surface area contributed by atoms with Gasteiger partial charge in [-0.1, -0.05) is 11.8 Å². The summed E-state index contributed by atoms with van der Waals surface area (Å²) in [6, 6.07) is 2.95. The number of likely N-dealkylation sites (tertiary alicyclic amines) is 1. The number of thioether (sulfide) groups is 1. The minimum Gasteiger partial charge on any atom is -0.475 e. The summed E-state index contributed by atoms with van der Waals surface area (Å²) in [7, 11) is 0. The number of carboxylic acid groups (broad SMARTS) is 1. The standard InChI is InChI=1S/C10H11NO4S/c12-8(11-4-1-5-11)6-16-9-3-2-7(15-9)10(13)14/h2-3H,1,4-6H2,(H,13,14). The molecule has 16 heavy (non-hydrogen) atoms. The zero-order chi connectivity index (χ0) is 11.5. The third-order valence-electron chi connectivity index (χ3n) is 2.34. The molecule has 5 nitrogen and oxygen atoms in total.